The Bertz CT molecular complexity index is 1030. The second kappa shape index (κ2) is 8.66. The number of methoxy groups -OCH3 is 1. The van der Waals surface area contributed by atoms with Crippen molar-refractivity contribution in [2.75, 3.05) is 14.2 Å². The molecule has 152 valence electrons. The van der Waals surface area contributed by atoms with Crippen LogP contribution < -0.4 is 4.74 Å². The molecule has 2 aromatic carbocycles. The van der Waals surface area contributed by atoms with Crippen LogP contribution in [0.3, 0.4) is 0 Å². The van der Waals surface area contributed by atoms with E-state index in [1.807, 2.05) is 37.3 Å². The number of benzene rings is 2. The summed E-state index contributed by atoms with van der Waals surface area (Å²) in [6, 6.07) is 11.1. The van der Waals surface area contributed by atoms with Crippen LogP contribution in [0.25, 0.3) is 11.4 Å². The molecule has 6 nitrogen and oxygen atoms in total. The molecule has 0 fully saturated rings. The first-order valence-electron chi connectivity index (χ1n) is 9.33. The molecule has 0 bridgehead atoms. The lowest BCUT2D eigenvalue weighted by atomic mass is 9.96. The smallest absolute Gasteiger partial charge is 0.254 e. The number of nitrogens with zero attached hydrogens (tertiary/aromatic N) is 3. The predicted molar refractivity (Wildman–Crippen MR) is 112 cm³/mol. The number of aryl methyl sites for hydroxylation is 1. The van der Waals surface area contributed by atoms with Gasteiger partial charge in [0.1, 0.15) is 5.75 Å². The van der Waals surface area contributed by atoms with Crippen LogP contribution in [-0.4, -0.2) is 35.1 Å². The number of carbonyl (C=O) groups excluding carboxylic acids is 1. The zero-order valence-electron chi connectivity index (χ0n) is 17.2. The SMILES string of the molecule is COc1cc(C)c(C(=O)N(C)Cc2nc(-c3ccccc3Cl)no2)cc1C(C)C. The Labute approximate surface area is 175 Å². The van der Waals surface area contributed by atoms with Gasteiger partial charge in [0, 0.05) is 18.2 Å². The predicted octanol–water partition coefficient (Wildman–Crippen LogP) is 5.10. The molecule has 0 atom stereocenters. The van der Waals surface area contributed by atoms with Crippen LogP contribution in [0.4, 0.5) is 0 Å². The summed E-state index contributed by atoms with van der Waals surface area (Å²) < 4.78 is 10.8. The lowest BCUT2D eigenvalue weighted by Gasteiger charge is -2.19. The van der Waals surface area contributed by atoms with E-state index in [-0.39, 0.29) is 18.4 Å². The molecule has 0 aliphatic carbocycles. The number of amides is 1. The third-order valence-electron chi connectivity index (χ3n) is 4.73. The molecule has 29 heavy (non-hydrogen) atoms. The highest BCUT2D eigenvalue weighted by molar-refractivity contribution is 6.33. The summed E-state index contributed by atoms with van der Waals surface area (Å²) in [6.07, 6.45) is 0. The van der Waals surface area contributed by atoms with Crippen molar-refractivity contribution in [3.05, 3.63) is 64.0 Å². The van der Waals surface area contributed by atoms with Crippen molar-refractivity contribution in [1.82, 2.24) is 15.0 Å². The van der Waals surface area contributed by atoms with Crippen LogP contribution >= 0.6 is 11.6 Å². The van der Waals surface area contributed by atoms with E-state index in [0.29, 0.717) is 27.9 Å². The Balaban J connectivity index is 1.82. The maximum atomic E-state index is 13.0. The molecule has 1 heterocycles. The molecule has 1 aromatic heterocycles. The van der Waals surface area contributed by atoms with Gasteiger partial charge >= 0.3 is 0 Å². The third-order valence-corrected chi connectivity index (χ3v) is 5.06. The molecule has 0 unspecified atom stereocenters. The molecule has 0 aliphatic heterocycles. The Morgan fingerprint density at radius 1 is 1.28 bits per heavy atom. The average Bonchev–Trinajstić information content (AvgIpc) is 3.15. The van der Waals surface area contributed by atoms with E-state index in [9.17, 15) is 4.79 Å². The molecule has 0 radical (unpaired) electrons. The van der Waals surface area contributed by atoms with Gasteiger partial charge < -0.3 is 14.2 Å². The van der Waals surface area contributed by atoms with E-state index in [4.69, 9.17) is 20.9 Å². The van der Waals surface area contributed by atoms with Crippen molar-refractivity contribution < 1.29 is 14.1 Å². The molecule has 0 saturated carbocycles. The maximum absolute atomic E-state index is 13.0. The first-order chi connectivity index (χ1) is 13.8. The maximum Gasteiger partial charge on any atom is 0.254 e. The van der Waals surface area contributed by atoms with Crippen LogP contribution in [0.5, 0.6) is 5.75 Å². The van der Waals surface area contributed by atoms with Crippen molar-refractivity contribution in [1.29, 1.82) is 0 Å². The summed E-state index contributed by atoms with van der Waals surface area (Å²) in [5.41, 5.74) is 3.16. The molecule has 3 aromatic rings. The Morgan fingerprint density at radius 2 is 2.00 bits per heavy atom. The van der Waals surface area contributed by atoms with Crippen molar-refractivity contribution in [2.24, 2.45) is 0 Å². The molecule has 0 spiro atoms. The monoisotopic (exact) mass is 413 g/mol. The van der Waals surface area contributed by atoms with Crippen LogP contribution in [0.15, 0.2) is 40.9 Å². The van der Waals surface area contributed by atoms with E-state index in [1.165, 1.54) is 0 Å². The highest BCUT2D eigenvalue weighted by Gasteiger charge is 2.21. The second-order valence-corrected chi connectivity index (χ2v) is 7.62. The average molecular weight is 414 g/mol. The fourth-order valence-electron chi connectivity index (χ4n) is 3.11. The lowest BCUT2D eigenvalue weighted by molar-refractivity contribution is 0.0768. The zero-order chi connectivity index (χ0) is 21.1. The number of hydrogen-bond donors (Lipinski definition) is 0. The van der Waals surface area contributed by atoms with Gasteiger partial charge in [-0.05, 0) is 48.2 Å². The molecule has 0 saturated heterocycles. The van der Waals surface area contributed by atoms with Gasteiger partial charge in [-0.3, -0.25) is 4.79 Å². The Morgan fingerprint density at radius 3 is 2.66 bits per heavy atom. The molecule has 3 rings (SSSR count). The van der Waals surface area contributed by atoms with Gasteiger partial charge in [0.05, 0.1) is 18.7 Å². The molecular formula is C22H24ClN3O3. The minimum atomic E-state index is -0.121. The van der Waals surface area contributed by atoms with Gasteiger partial charge in [-0.1, -0.05) is 42.7 Å². The van der Waals surface area contributed by atoms with Crippen molar-refractivity contribution >= 4 is 17.5 Å². The van der Waals surface area contributed by atoms with E-state index in [0.717, 1.165) is 16.9 Å². The van der Waals surface area contributed by atoms with Gasteiger partial charge in [-0.15, -0.1) is 0 Å². The lowest BCUT2D eigenvalue weighted by Crippen LogP contribution is -2.27. The van der Waals surface area contributed by atoms with Crippen LogP contribution in [0.1, 0.15) is 47.1 Å². The first-order valence-corrected chi connectivity index (χ1v) is 9.71. The topological polar surface area (TPSA) is 68.5 Å². The zero-order valence-corrected chi connectivity index (χ0v) is 17.9. The van der Waals surface area contributed by atoms with Crippen LogP contribution in [-0.2, 0) is 6.54 Å². The fraction of sp³-hybridized carbons (Fsp3) is 0.318. The highest BCUT2D eigenvalue weighted by atomic mass is 35.5. The van der Waals surface area contributed by atoms with Crippen molar-refractivity contribution in [3.63, 3.8) is 0 Å². The minimum Gasteiger partial charge on any atom is -0.496 e. The number of carbonyl (C=O) groups is 1. The molecule has 0 N–H and O–H groups in total. The number of ether oxygens (including phenoxy) is 1. The Kier molecular flexibility index (Phi) is 6.23. The van der Waals surface area contributed by atoms with E-state index >= 15 is 0 Å². The van der Waals surface area contributed by atoms with Crippen molar-refractivity contribution in [3.8, 4) is 17.1 Å². The number of rotatable bonds is 6. The minimum absolute atomic E-state index is 0.121. The first kappa shape index (κ1) is 20.9. The highest BCUT2D eigenvalue weighted by Crippen LogP contribution is 2.30. The number of hydrogen-bond acceptors (Lipinski definition) is 5. The second-order valence-electron chi connectivity index (χ2n) is 7.22. The van der Waals surface area contributed by atoms with Gasteiger partial charge in [-0.25, -0.2) is 0 Å². The van der Waals surface area contributed by atoms with Crippen LogP contribution in [0.2, 0.25) is 5.02 Å². The molecule has 0 aliphatic rings. The van der Waals surface area contributed by atoms with Gasteiger partial charge in [-0.2, -0.15) is 4.98 Å². The number of halogens is 1. The van der Waals surface area contributed by atoms with Crippen molar-refractivity contribution in [2.45, 2.75) is 33.2 Å². The summed E-state index contributed by atoms with van der Waals surface area (Å²) >= 11 is 6.19. The van der Waals surface area contributed by atoms with E-state index < -0.39 is 0 Å². The summed E-state index contributed by atoms with van der Waals surface area (Å²) in [4.78, 5) is 19.0. The van der Waals surface area contributed by atoms with Gasteiger partial charge in [0.2, 0.25) is 11.7 Å². The largest absolute Gasteiger partial charge is 0.496 e. The van der Waals surface area contributed by atoms with Gasteiger partial charge in [0.15, 0.2) is 0 Å². The van der Waals surface area contributed by atoms with E-state index in [1.54, 1.807) is 25.1 Å². The Hall–Kier alpha value is -2.86. The van der Waals surface area contributed by atoms with E-state index in [2.05, 4.69) is 24.0 Å². The summed E-state index contributed by atoms with van der Waals surface area (Å²) in [5, 5.41) is 4.53. The van der Waals surface area contributed by atoms with Gasteiger partial charge in [0.25, 0.3) is 5.91 Å². The normalized spacial score (nSPS) is 11.0. The summed E-state index contributed by atoms with van der Waals surface area (Å²) in [5.74, 6) is 1.64. The fourth-order valence-corrected chi connectivity index (χ4v) is 3.33. The molecule has 1 amide bonds. The number of aromatic nitrogens is 2. The summed E-state index contributed by atoms with van der Waals surface area (Å²) in [7, 11) is 3.35. The standard InChI is InChI=1S/C22H24ClN3O3/c1-13(2)16-11-17(14(3)10-19(16)28-5)22(27)26(4)12-20-24-21(25-29-20)15-8-6-7-9-18(15)23/h6-11,13H,12H2,1-5H3. The molecule has 7 heteroatoms. The quantitative estimate of drug-likeness (QED) is 0.562. The molecular weight excluding hydrogens is 390 g/mol. The van der Waals surface area contributed by atoms with Crippen LogP contribution in [0, 0.1) is 6.92 Å². The summed E-state index contributed by atoms with van der Waals surface area (Å²) in [6.45, 7) is 6.23. The third kappa shape index (κ3) is 4.43.